The summed E-state index contributed by atoms with van der Waals surface area (Å²) in [6, 6.07) is 7.88. The zero-order valence-corrected chi connectivity index (χ0v) is 12.0. The number of hydrogen-bond acceptors (Lipinski definition) is 2. The highest BCUT2D eigenvalue weighted by atomic mass is 16.5. The fourth-order valence-corrected chi connectivity index (χ4v) is 2.27. The molecule has 0 heterocycles. The van der Waals surface area contributed by atoms with Crippen LogP contribution in [0.25, 0.3) is 0 Å². The van der Waals surface area contributed by atoms with Crippen molar-refractivity contribution < 1.29 is 9.53 Å². The molecule has 1 rings (SSSR count). The van der Waals surface area contributed by atoms with Gasteiger partial charge in [-0.25, -0.2) is 0 Å². The molecule has 2 nitrogen and oxygen atoms in total. The second-order valence-corrected chi connectivity index (χ2v) is 4.51. The van der Waals surface area contributed by atoms with E-state index < -0.39 is 5.60 Å². The molecule has 0 bridgehead atoms. The van der Waals surface area contributed by atoms with Crippen LogP contribution in [0.15, 0.2) is 24.3 Å². The number of hydrogen-bond donors (Lipinski definition) is 0. The van der Waals surface area contributed by atoms with Gasteiger partial charge in [0.25, 0.3) is 0 Å². The number of aryl methyl sites for hydroxylation is 1. The van der Waals surface area contributed by atoms with Gasteiger partial charge >= 0.3 is 0 Å². The smallest absolute Gasteiger partial charge is 0.194 e. The van der Waals surface area contributed by atoms with E-state index in [-0.39, 0.29) is 5.78 Å². The summed E-state index contributed by atoms with van der Waals surface area (Å²) in [5.41, 5.74) is 1.36. The molecule has 100 valence electrons. The maximum absolute atomic E-state index is 12.6. The van der Waals surface area contributed by atoms with Crippen LogP contribution in [0.4, 0.5) is 0 Å². The molecule has 0 spiro atoms. The lowest BCUT2D eigenvalue weighted by atomic mass is 9.87. The van der Waals surface area contributed by atoms with E-state index in [4.69, 9.17) is 4.74 Å². The standard InChI is InChI=1S/C16H24O2/c1-5-13-9-11-14(12-10-13)15(17)16(6-2,7-3)18-8-4/h9-12H,5-8H2,1-4H3. The molecule has 0 aliphatic rings. The monoisotopic (exact) mass is 248 g/mol. The van der Waals surface area contributed by atoms with Crippen molar-refractivity contribution in [3.63, 3.8) is 0 Å². The molecule has 0 unspecified atom stereocenters. The Kier molecular flexibility index (Phi) is 5.54. The van der Waals surface area contributed by atoms with Gasteiger partial charge in [-0.1, -0.05) is 45.0 Å². The molecule has 0 aliphatic carbocycles. The van der Waals surface area contributed by atoms with Crippen LogP contribution in [0, 0.1) is 0 Å². The Morgan fingerprint density at radius 1 is 1.06 bits per heavy atom. The van der Waals surface area contributed by atoms with Crippen molar-refractivity contribution in [3.8, 4) is 0 Å². The number of ether oxygens (including phenoxy) is 1. The van der Waals surface area contributed by atoms with Crippen molar-refractivity contribution >= 4 is 5.78 Å². The van der Waals surface area contributed by atoms with Crippen LogP contribution in [0.3, 0.4) is 0 Å². The first kappa shape index (κ1) is 14.9. The van der Waals surface area contributed by atoms with E-state index in [0.29, 0.717) is 19.4 Å². The second kappa shape index (κ2) is 6.69. The average molecular weight is 248 g/mol. The largest absolute Gasteiger partial charge is 0.367 e. The normalized spacial score (nSPS) is 11.6. The molecule has 0 N–H and O–H groups in total. The Balaban J connectivity index is 3.01. The first-order chi connectivity index (χ1) is 8.63. The topological polar surface area (TPSA) is 26.3 Å². The van der Waals surface area contributed by atoms with E-state index in [1.165, 1.54) is 5.56 Å². The highest BCUT2D eigenvalue weighted by molar-refractivity contribution is 6.02. The van der Waals surface area contributed by atoms with Crippen LogP contribution in [0.1, 0.15) is 56.5 Å². The lowest BCUT2D eigenvalue weighted by molar-refractivity contribution is -0.0250. The van der Waals surface area contributed by atoms with Gasteiger partial charge < -0.3 is 4.74 Å². The number of Topliss-reactive ketones (excluding diaryl/α,β-unsaturated/α-hetero) is 1. The average Bonchev–Trinajstić information content (AvgIpc) is 2.44. The van der Waals surface area contributed by atoms with Gasteiger partial charge in [0.2, 0.25) is 0 Å². The van der Waals surface area contributed by atoms with Crippen molar-refractivity contribution in [2.45, 2.75) is 52.6 Å². The number of carbonyl (C=O) groups excluding carboxylic acids is 1. The molecule has 0 saturated carbocycles. The zero-order valence-electron chi connectivity index (χ0n) is 12.0. The van der Waals surface area contributed by atoms with Crippen LogP contribution in [0.5, 0.6) is 0 Å². The fourth-order valence-electron chi connectivity index (χ4n) is 2.27. The molecule has 0 fully saturated rings. The van der Waals surface area contributed by atoms with E-state index in [1.807, 2.05) is 45.0 Å². The molecule has 0 aliphatic heterocycles. The third kappa shape index (κ3) is 2.99. The Morgan fingerprint density at radius 3 is 2.00 bits per heavy atom. The summed E-state index contributed by atoms with van der Waals surface area (Å²) in [7, 11) is 0. The molecule has 0 radical (unpaired) electrons. The molecule has 1 aromatic carbocycles. The number of ketones is 1. The van der Waals surface area contributed by atoms with E-state index in [1.54, 1.807) is 0 Å². The van der Waals surface area contributed by atoms with E-state index in [2.05, 4.69) is 6.92 Å². The molecule has 0 saturated heterocycles. The summed E-state index contributed by atoms with van der Waals surface area (Å²) in [4.78, 5) is 12.6. The van der Waals surface area contributed by atoms with Crippen LogP contribution < -0.4 is 0 Å². The molecular weight excluding hydrogens is 224 g/mol. The summed E-state index contributed by atoms with van der Waals surface area (Å²) in [6.45, 7) is 8.64. The minimum Gasteiger partial charge on any atom is -0.367 e. The predicted octanol–water partition coefficient (Wildman–Crippen LogP) is 4.03. The van der Waals surface area contributed by atoms with Crippen molar-refractivity contribution in [3.05, 3.63) is 35.4 Å². The first-order valence-electron chi connectivity index (χ1n) is 6.91. The molecular formula is C16H24O2. The maximum atomic E-state index is 12.6. The quantitative estimate of drug-likeness (QED) is 0.681. The van der Waals surface area contributed by atoms with Crippen LogP contribution in [0.2, 0.25) is 0 Å². The van der Waals surface area contributed by atoms with E-state index in [9.17, 15) is 4.79 Å². The van der Waals surface area contributed by atoms with Crippen LogP contribution >= 0.6 is 0 Å². The molecule has 18 heavy (non-hydrogen) atoms. The highest BCUT2D eigenvalue weighted by Gasteiger charge is 2.35. The lowest BCUT2D eigenvalue weighted by Gasteiger charge is -2.30. The van der Waals surface area contributed by atoms with Crippen molar-refractivity contribution in [1.82, 2.24) is 0 Å². The summed E-state index contributed by atoms with van der Waals surface area (Å²) in [6.07, 6.45) is 2.42. The first-order valence-corrected chi connectivity index (χ1v) is 6.91. The summed E-state index contributed by atoms with van der Waals surface area (Å²) in [5, 5.41) is 0. The van der Waals surface area contributed by atoms with Crippen molar-refractivity contribution in [2.75, 3.05) is 6.61 Å². The number of carbonyl (C=O) groups is 1. The van der Waals surface area contributed by atoms with Crippen LogP contribution in [-0.4, -0.2) is 18.0 Å². The van der Waals surface area contributed by atoms with E-state index >= 15 is 0 Å². The third-order valence-corrected chi connectivity index (χ3v) is 3.60. The fraction of sp³-hybridized carbons (Fsp3) is 0.562. The molecule has 1 aromatic rings. The summed E-state index contributed by atoms with van der Waals surface area (Å²) < 4.78 is 5.75. The van der Waals surface area contributed by atoms with Crippen molar-refractivity contribution in [1.29, 1.82) is 0 Å². The van der Waals surface area contributed by atoms with E-state index in [0.717, 1.165) is 12.0 Å². The molecule has 2 heteroatoms. The Hall–Kier alpha value is -1.15. The lowest BCUT2D eigenvalue weighted by Crippen LogP contribution is -2.40. The number of rotatable bonds is 7. The zero-order chi connectivity index (χ0) is 13.6. The van der Waals surface area contributed by atoms with Crippen molar-refractivity contribution in [2.24, 2.45) is 0 Å². The van der Waals surface area contributed by atoms with Gasteiger partial charge in [0.15, 0.2) is 5.78 Å². The maximum Gasteiger partial charge on any atom is 0.194 e. The van der Waals surface area contributed by atoms with Gasteiger partial charge in [-0.15, -0.1) is 0 Å². The van der Waals surface area contributed by atoms with Gasteiger partial charge in [0.1, 0.15) is 5.60 Å². The van der Waals surface area contributed by atoms with Gasteiger partial charge in [-0.05, 0) is 31.7 Å². The molecule has 0 amide bonds. The Bertz CT molecular complexity index is 375. The highest BCUT2D eigenvalue weighted by Crippen LogP contribution is 2.26. The minimum absolute atomic E-state index is 0.108. The second-order valence-electron chi connectivity index (χ2n) is 4.51. The van der Waals surface area contributed by atoms with Crippen LogP contribution in [-0.2, 0) is 11.2 Å². The SMILES string of the molecule is CCOC(CC)(CC)C(=O)c1ccc(CC)cc1. The third-order valence-electron chi connectivity index (χ3n) is 3.60. The Morgan fingerprint density at radius 2 is 1.61 bits per heavy atom. The molecule has 0 atom stereocenters. The van der Waals surface area contributed by atoms with Gasteiger partial charge in [0, 0.05) is 12.2 Å². The Labute approximate surface area is 110 Å². The summed E-state index contributed by atoms with van der Waals surface area (Å²) in [5.74, 6) is 0.108. The molecule has 0 aromatic heterocycles. The van der Waals surface area contributed by atoms with Gasteiger partial charge in [-0.2, -0.15) is 0 Å². The minimum atomic E-state index is -0.650. The number of benzene rings is 1. The summed E-state index contributed by atoms with van der Waals surface area (Å²) >= 11 is 0. The van der Waals surface area contributed by atoms with Gasteiger partial charge in [0.05, 0.1) is 0 Å². The predicted molar refractivity (Wildman–Crippen MR) is 75.1 cm³/mol. The van der Waals surface area contributed by atoms with Gasteiger partial charge in [-0.3, -0.25) is 4.79 Å².